The van der Waals surface area contributed by atoms with Crippen LogP contribution in [-0.4, -0.2) is 31.8 Å². The monoisotopic (exact) mass is 405 g/mol. The first-order valence-electron chi connectivity index (χ1n) is 9.98. The van der Waals surface area contributed by atoms with Crippen LogP contribution in [0.25, 0.3) is 10.8 Å². The van der Waals surface area contributed by atoms with Crippen molar-refractivity contribution in [2.45, 2.75) is 19.8 Å². The minimum Gasteiger partial charge on any atom is -0.456 e. The maximum atomic E-state index is 12.7. The first kappa shape index (κ1) is 19.8. The number of fused-ring (bicyclic) bond motifs is 2. The molecule has 0 radical (unpaired) electrons. The Labute approximate surface area is 175 Å². The van der Waals surface area contributed by atoms with Gasteiger partial charge in [0.1, 0.15) is 0 Å². The Kier molecular flexibility index (Phi) is 5.84. The summed E-state index contributed by atoms with van der Waals surface area (Å²) in [6, 6.07) is 19.3. The van der Waals surface area contributed by atoms with Crippen molar-refractivity contribution in [2.24, 2.45) is 0 Å². The maximum Gasteiger partial charge on any atom is 0.306 e. The van der Waals surface area contributed by atoms with E-state index in [2.05, 4.69) is 0 Å². The van der Waals surface area contributed by atoms with E-state index >= 15 is 0 Å². The van der Waals surface area contributed by atoms with Gasteiger partial charge in [0.15, 0.2) is 18.1 Å². The average molecular weight is 405 g/mol. The predicted octanol–water partition coefficient (Wildman–Crippen LogP) is 4.10. The van der Waals surface area contributed by atoms with Crippen LogP contribution in [0.3, 0.4) is 0 Å². The molecule has 0 unspecified atom stereocenters. The van der Waals surface area contributed by atoms with Gasteiger partial charge in [-0.1, -0.05) is 42.5 Å². The molecule has 0 N–H and O–H groups in total. The van der Waals surface area contributed by atoms with Gasteiger partial charge in [0.2, 0.25) is 6.79 Å². The third kappa shape index (κ3) is 4.22. The van der Waals surface area contributed by atoms with E-state index in [-0.39, 0.29) is 25.7 Å². The normalized spacial score (nSPS) is 12.0. The molecule has 3 aromatic rings. The number of rotatable bonds is 7. The summed E-state index contributed by atoms with van der Waals surface area (Å²) < 4.78 is 15.9. The van der Waals surface area contributed by atoms with Crippen molar-refractivity contribution in [3.63, 3.8) is 0 Å². The van der Waals surface area contributed by atoms with E-state index in [1.54, 1.807) is 4.90 Å². The average Bonchev–Trinajstić information content (AvgIpc) is 3.25. The fourth-order valence-corrected chi connectivity index (χ4v) is 3.56. The highest BCUT2D eigenvalue weighted by molar-refractivity contribution is 6.04. The molecule has 4 rings (SSSR count). The number of esters is 1. The Morgan fingerprint density at radius 2 is 1.80 bits per heavy atom. The van der Waals surface area contributed by atoms with Crippen LogP contribution < -0.4 is 14.4 Å². The number of hydrogen-bond donors (Lipinski definition) is 0. The van der Waals surface area contributed by atoms with Crippen molar-refractivity contribution < 1.29 is 23.8 Å². The van der Waals surface area contributed by atoms with Gasteiger partial charge >= 0.3 is 5.97 Å². The second-order valence-corrected chi connectivity index (χ2v) is 6.98. The molecule has 0 spiro atoms. The van der Waals surface area contributed by atoms with Gasteiger partial charge in [-0.3, -0.25) is 9.59 Å². The van der Waals surface area contributed by atoms with Crippen LogP contribution in [0.4, 0.5) is 5.69 Å². The van der Waals surface area contributed by atoms with Gasteiger partial charge in [-0.15, -0.1) is 0 Å². The lowest BCUT2D eigenvalue weighted by molar-refractivity contribution is -0.147. The van der Waals surface area contributed by atoms with Crippen molar-refractivity contribution in [1.29, 1.82) is 0 Å². The first-order valence-corrected chi connectivity index (χ1v) is 9.98. The summed E-state index contributed by atoms with van der Waals surface area (Å²) in [7, 11) is 0. The summed E-state index contributed by atoms with van der Waals surface area (Å²) in [4.78, 5) is 26.6. The molecule has 0 aliphatic carbocycles. The fourth-order valence-electron chi connectivity index (χ4n) is 3.56. The summed E-state index contributed by atoms with van der Waals surface area (Å²) in [6.45, 7) is 2.33. The van der Waals surface area contributed by atoms with Crippen LogP contribution >= 0.6 is 0 Å². The Morgan fingerprint density at radius 1 is 1.00 bits per heavy atom. The molecular formula is C24H23NO5. The number of aryl methyl sites for hydroxylation is 1. The van der Waals surface area contributed by atoms with Gasteiger partial charge < -0.3 is 19.1 Å². The standard InChI is InChI=1S/C24H23NO5/c1-2-25(20-9-5-7-18-6-3-4-8-19(18)20)23(26)15-28-24(27)13-11-17-10-12-21-22(14-17)30-16-29-21/h3-10,12,14H,2,11,13,15-16H2,1H3. The number of nitrogens with zero attached hydrogens (tertiary/aromatic N) is 1. The zero-order valence-corrected chi connectivity index (χ0v) is 16.8. The van der Waals surface area contributed by atoms with Crippen molar-refractivity contribution in [3.05, 3.63) is 66.2 Å². The number of anilines is 1. The SMILES string of the molecule is CCN(C(=O)COC(=O)CCc1ccc2c(c1)OCO2)c1cccc2ccccc12. The molecule has 154 valence electrons. The quantitative estimate of drug-likeness (QED) is 0.554. The molecule has 30 heavy (non-hydrogen) atoms. The lowest BCUT2D eigenvalue weighted by atomic mass is 10.1. The molecule has 0 fully saturated rings. The fraction of sp³-hybridized carbons (Fsp3) is 0.250. The number of amides is 1. The van der Waals surface area contributed by atoms with Gasteiger partial charge in [0.05, 0.1) is 5.69 Å². The lowest BCUT2D eigenvalue weighted by Crippen LogP contribution is -2.34. The van der Waals surface area contributed by atoms with Crippen LogP contribution in [0.5, 0.6) is 11.5 Å². The number of likely N-dealkylation sites (N-methyl/N-ethyl adjacent to an activating group) is 1. The minimum absolute atomic E-state index is 0.188. The summed E-state index contributed by atoms with van der Waals surface area (Å²) in [6.07, 6.45) is 0.692. The zero-order valence-electron chi connectivity index (χ0n) is 16.8. The first-order chi connectivity index (χ1) is 14.7. The summed E-state index contributed by atoms with van der Waals surface area (Å²) >= 11 is 0. The van der Waals surface area contributed by atoms with Gasteiger partial charge in [0, 0.05) is 18.4 Å². The lowest BCUT2D eigenvalue weighted by Gasteiger charge is -2.22. The van der Waals surface area contributed by atoms with Crippen LogP contribution in [0, 0.1) is 0 Å². The Hall–Kier alpha value is -3.54. The van der Waals surface area contributed by atoms with E-state index < -0.39 is 5.97 Å². The number of benzene rings is 3. The van der Waals surface area contributed by atoms with Crippen LogP contribution in [0.15, 0.2) is 60.7 Å². The molecule has 6 nitrogen and oxygen atoms in total. The van der Waals surface area contributed by atoms with E-state index in [1.165, 1.54) is 0 Å². The molecule has 6 heteroatoms. The second-order valence-electron chi connectivity index (χ2n) is 6.98. The third-order valence-corrected chi connectivity index (χ3v) is 5.09. The van der Waals surface area contributed by atoms with E-state index in [9.17, 15) is 9.59 Å². The molecule has 0 saturated carbocycles. The summed E-state index contributed by atoms with van der Waals surface area (Å²) in [5.41, 5.74) is 1.77. The van der Waals surface area contributed by atoms with E-state index in [0.29, 0.717) is 24.5 Å². The molecule has 0 aromatic heterocycles. The van der Waals surface area contributed by atoms with E-state index in [4.69, 9.17) is 14.2 Å². The molecular weight excluding hydrogens is 382 g/mol. The number of carbonyl (C=O) groups is 2. The summed E-state index contributed by atoms with van der Waals surface area (Å²) in [5, 5.41) is 2.05. The largest absolute Gasteiger partial charge is 0.456 e. The predicted molar refractivity (Wildman–Crippen MR) is 114 cm³/mol. The molecule has 0 saturated heterocycles. The maximum absolute atomic E-state index is 12.7. The summed E-state index contributed by atoms with van der Waals surface area (Å²) in [5.74, 6) is 0.741. The Balaban J connectivity index is 1.34. The number of hydrogen-bond acceptors (Lipinski definition) is 5. The van der Waals surface area contributed by atoms with Crippen LogP contribution in [0.2, 0.25) is 0 Å². The van der Waals surface area contributed by atoms with Crippen molar-refractivity contribution in [3.8, 4) is 11.5 Å². The molecule has 3 aromatic carbocycles. The van der Waals surface area contributed by atoms with Gasteiger partial charge in [0.25, 0.3) is 5.91 Å². The highest BCUT2D eigenvalue weighted by Crippen LogP contribution is 2.32. The topological polar surface area (TPSA) is 65.1 Å². The van der Waals surface area contributed by atoms with Crippen molar-refractivity contribution >= 4 is 28.3 Å². The van der Waals surface area contributed by atoms with Gasteiger partial charge in [-0.05, 0) is 42.5 Å². The molecule has 0 bridgehead atoms. The van der Waals surface area contributed by atoms with Crippen molar-refractivity contribution in [2.75, 3.05) is 24.8 Å². The minimum atomic E-state index is -0.407. The number of ether oxygens (including phenoxy) is 3. The second kappa shape index (κ2) is 8.86. The van der Waals surface area contributed by atoms with Crippen LogP contribution in [0.1, 0.15) is 18.9 Å². The van der Waals surface area contributed by atoms with Gasteiger partial charge in [-0.2, -0.15) is 0 Å². The third-order valence-electron chi connectivity index (χ3n) is 5.09. The highest BCUT2D eigenvalue weighted by Gasteiger charge is 2.18. The van der Waals surface area contributed by atoms with Gasteiger partial charge in [-0.25, -0.2) is 0 Å². The van der Waals surface area contributed by atoms with E-state index in [0.717, 1.165) is 22.0 Å². The van der Waals surface area contributed by atoms with Crippen LogP contribution in [-0.2, 0) is 20.7 Å². The molecule has 1 aliphatic heterocycles. The molecule has 1 amide bonds. The molecule has 1 aliphatic rings. The Morgan fingerprint density at radius 3 is 2.67 bits per heavy atom. The highest BCUT2D eigenvalue weighted by atomic mass is 16.7. The zero-order chi connectivity index (χ0) is 20.9. The number of carbonyl (C=O) groups excluding carboxylic acids is 2. The van der Waals surface area contributed by atoms with E-state index in [1.807, 2.05) is 67.6 Å². The Bertz CT molecular complexity index is 1070. The molecule has 0 atom stereocenters. The molecule has 1 heterocycles. The smallest absolute Gasteiger partial charge is 0.306 e. The van der Waals surface area contributed by atoms with Crippen molar-refractivity contribution in [1.82, 2.24) is 0 Å².